The molecular weight excluding hydrogens is 392 g/mol. The van der Waals surface area contributed by atoms with Gasteiger partial charge in [0, 0.05) is 48.4 Å². The Morgan fingerprint density at radius 3 is 2.77 bits per heavy atom. The molecule has 0 atom stereocenters. The molecule has 1 aliphatic rings. The molecule has 1 aromatic carbocycles. The molecule has 31 heavy (non-hydrogen) atoms. The van der Waals surface area contributed by atoms with Crippen LogP contribution in [0, 0.1) is 0 Å². The number of aromatic nitrogens is 2. The zero-order chi connectivity index (χ0) is 21.8. The summed E-state index contributed by atoms with van der Waals surface area (Å²) in [5, 5.41) is 6.19. The topological polar surface area (TPSA) is 85.4 Å². The molecular formula is C24H26N4O3. The molecule has 0 saturated heterocycles. The van der Waals surface area contributed by atoms with E-state index in [1.807, 2.05) is 63.4 Å². The highest BCUT2D eigenvalue weighted by atomic mass is 16.6. The van der Waals surface area contributed by atoms with Gasteiger partial charge in [-0.25, -0.2) is 9.78 Å². The van der Waals surface area contributed by atoms with Crippen LogP contribution in [0.3, 0.4) is 0 Å². The number of rotatable bonds is 5. The number of nitrogens with zero attached hydrogens (tertiary/aromatic N) is 2. The maximum absolute atomic E-state index is 12.0. The zero-order valence-electron chi connectivity index (χ0n) is 17.9. The second-order valence-corrected chi connectivity index (χ2v) is 8.34. The van der Waals surface area contributed by atoms with Crippen molar-refractivity contribution in [2.75, 3.05) is 17.2 Å². The monoisotopic (exact) mass is 418 g/mol. The van der Waals surface area contributed by atoms with Gasteiger partial charge >= 0.3 is 6.09 Å². The minimum atomic E-state index is -0.542. The van der Waals surface area contributed by atoms with E-state index < -0.39 is 11.7 Å². The Kier molecular flexibility index (Phi) is 5.75. The molecule has 0 aliphatic carbocycles. The molecule has 2 aromatic heterocycles. The molecule has 7 nitrogen and oxygen atoms in total. The number of benzene rings is 1. The zero-order valence-corrected chi connectivity index (χ0v) is 17.9. The summed E-state index contributed by atoms with van der Waals surface area (Å²) in [4.78, 5) is 20.8. The molecule has 1 aliphatic heterocycles. The van der Waals surface area contributed by atoms with E-state index in [9.17, 15) is 4.79 Å². The third kappa shape index (κ3) is 5.12. The number of fused-ring (bicyclic) bond motifs is 1. The van der Waals surface area contributed by atoms with E-state index in [0.29, 0.717) is 18.8 Å². The van der Waals surface area contributed by atoms with Crippen LogP contribution in [0.4, 0.5) is 16.3 Å². The largest absolute Gasteiger partial charge is 0.492 e. The minimum absolute atomic E-state index is 0.471. The van der Waals surface area contributed by atoms with Gasteiger partial charge in [0.1, 0.15) is 17.2 Å². The van der Waals surface area contributed by atoms with Crippen LogP contribution >= 0.6 is 0 Å². The second-order valence-electron chi connectivity index (χ2n) is 8.34. The highest BCUT2D eigenvalue weighted by Crippen LogP contribution is 2.39. The number of carbonyl (C=O) groups excluding carboxylic acids is 1. The lowest BCUT2D eigenvalue weighted by molar-refractivity contribution is 0.0636. The van der Waals surface area contributed by atoms with Crippen molar-refractivity contribution in [2.24, 2.45) is 0 Å². The molecule has 0 fully saturated rings. The summed E-state index contributed by atoms with van der Waals surface area (Å²) in [6.45, 7) is 6.72. The highest BCUT2D eigenvalue weighted by Gasteiger charge is 2.22. The van der Waals surface area contributed by atoms with E-state index >= 15 is 0 Å². The van der Waals surface area contributed by atoms with Crippen molar-refractivity contribution in [3.63, 3.8) is 0 Å². The smallest absolute Gasteiger partial charge is 0.412 e. The Bertz CT molecular complexity index is 1080. The fourth-order valence-corrected chi connectivity index (χ4v) is 3.44. The maximum atomic E-state index is 12.0. The van der Waals surface area contributed by atoms with E-state index in [4.69, 9.17) is 9.47 Å². The first-order valence-corrected chi connectivity index (χ1v) is 10.3. The van der Waals surface area contributed by atoms with Crippen LogP contribution in [0.25, 0.3) is 11.1 Å². The number of amides is 1. The van der Waals surface area contributed by atoms with Crippen LogP contribution in [-0.2, 0) is 17.7 Å². The Hall–Kier alpha value is -3.61. The Morgan fingerprint density at radius 2 is 2.00 bits per heavy atom. The normalized spacial score (nSPS) is 12.6. The molecule has 160 valence electrons. The van der Waals surface area contributed by atoms with Crippen LogP contribution < -0.4 is 15.4 Å². The van der Waals surface area contributed by atoms with Gasteiger partial charge in [0.05, 0.1) is 6.61 Å². The van der Waals surface area contributed by atoms with Crippen molar-refractivity contribution in [2.45, 2.75) is 39.3 Å². The van der Waals surface area contributed by atoms with Crippen molar-refractivity contribution in [3.8, 4) is 16.9 Å². The van der Waals surface area contributed by atoms with E-state index in [1.54, 1.807) is 12.4 Å². The SMILES string of the molecule is CC(C)(C)OC(=O)Nc1cccc(CNc2ncc(-c3ccncc3)c3c2CCO3)c1. The molecule has 3 heterocycles. The van der Waals surface area contributed by atoms with E-state index in [1.165, 1.54) is 0 Å². The lowest BCUT2D eigenvalue weighted by Gasteiger charge is -2.19. The summed E-state index contributed by atoms with van der Waals surface area (Å²) in [7, 11) is 0. The third-order valence-corrected chi connectivity index (χ3v) is 4.75. The van der Waals surface area contributed by atoms with Gasteiger partial charge in [0.15, 0.2) is 0 Å². The predicted molar refractivity (Wildman–Crippen MR) is 120 cm³/mol. The molecule has 4 rings (SSSR count). The molecule has 7 heteroatoms. The van der Waals surface area contributed by atoms with Crippen LogP contribution in [-0.4, -0.2) is 28.3 Å². The number of nitrogens with one attached hydrogen (secondary N) is 2. The highest BCUT2D eigenvalue weighted by molar-refractivity contribution is 5.85. The van der Waals surface area contributed by atoms with Gasteiger partial charge in [-0.1, -0.05) is 12.1 Å². The third-order valence-electron chi connectivity index (χ3n) is 4.75. The van der Waals surface area contributed by atoms with Gasteiger partial charge in [-0.2, -0.15) is 0 Å². The van der Waals surface area contributed by atoms with Crippen molar-refractivity contribution >= 4 is 17.6 Å². The van der Waals surface area contributed by atoms with E-state index in [-0.39, 0.29) is 0 Å². The minimum Gasteiger partial charge on any atom is -0.492 e. The van der Waals surface area contributed by atoms with Gasteiger partial charge in [-0.3, -0.25) is 10.3 Å². The average Bonchev–Trinajstić information content (AvgIpc) is 3.21. The fraction of sp³-hybridized carbons (Fsp3) is 0.292. The van der Waals surface area contributed by atoms with Crippen molar-refractivity contribution in [3.05, 3.63) is 66.1 Å². The van der Waals surface area contributed by atoms with Gasteiger partial charge in [-0.05, 0) is 56.2 Å². The summed E-state index contributed by atoms with van der Waals surface area (Å²) < 4.78 is 11.2. The molecule has 3 aromatic rings. The number of ether oxygens (including phenoxy) is 2. The predicted octanol–water partition coefficient (Wildman–Crippen LogP) is 5.04. The molecule has 0 bridgehead atoms. The van der Waals surface area contributed by atoms with Gasteiger partial charge < -0.3 is 14.8 Å². The molecule has 1 amide bonds. The van der Waals surface area contributed by atoms with E-state index in [2.05, 4.69) is 20.6 Å². The molecule has 0 saturated carbocycles. The summed E-state index contributed by atoms with van der Waals surface area (Å²) >= 11 is 0. The first-order chi connectivity index (χ1) is 14.9. The van der Waals surface area contributed by atoms with Crippen molar-refractivity contribution in [1.29, 1.82) is 0 Å². The molecule has 2 N–H and O–H groups in total. The van der Waals surface area contributed by atoms with Crippen molar-refractivity contribution in [1.82, 2.24) is 9.97 Å². The Morgan fingerprint density at radius 1 is 1.19 bits per heavy atom. The summed E-state index contributed by atoms with van der Waals surface area (Å²) in [5.74, 6) is 1.69. The van der Waals surface area contributed by atoms with Crippen LogP contribution in [0.1, 0.15) is 31.9 Å². The lowest BCUT2D eigenvalue weighted by Crippen LogP contribution is -2.27. The first-order valence-electron chi connectivity index (χ1n) is 10.3. The Labute approximate surface area is 181 Å². The van der Waals surface area contributed by atoms with Crippen LogP contribution in [0.5, 0.6) is 5.75 Å². The lowest BCUT2D eigenvalue weighted by atomic mass is 10.0. The fourth-order valence-electron chi connectivity index (χ4n) is 3.44. The van der Waals surface area contributed by atoms with E-state index in [0.717, 1.165) is 40.2 Å². The number of hydrogen-bond acceptors (Lipinski definition) is 6. The second kappa shape index (κ2) is 8.63. The number of hydrogen-bond donors (Lipinski definition) is 2. The standard InChI is InChI=1S/C24H26N4O3/c1-24(2,3)31-23(29)28-18-6-4-5-16(13-18)14-26-22-19-9-12-30-21(19)20(15-27-22)17-7-10-25-11-8-17/h4-8,10-11,13,15H,9,12,14H2,1-3H3,(H,26,27)(H,28,29). The summed E-state index contributed by atoms with van der Waals surface area (Å²) in [5.41, 5.74) is 4.25. The summed E-state index contributed by atoms with van der Waals surface area (Å²) in [6, 6.07) is 11.6. The quantitative estimate of drug-likeness (QED) is 0.604. The molecule has 0 spiro atoms. The Balaban J connectivity index is 1.47. The van der Waals surface area contributed by atoms with Gasteiger partial charge in [0.2, 0.25) is 0 Å². The summed E-state index contributed by atoms with van der Waals surface area (Å²) in [6.07, 6.45) is 5.70. The number of anilines is 2. The number of pyridine rings is 2. The molecule has 0 radical (unpaired) electrons. The van der Waals surface area contributed by atoms with Gasteiger partial charge in [0.25, 0.3) is 0 Å². The van der Waals surface area contributed by atoms with Crippen LogP contribution in [0.15, 0.2) is 55.0 Å². The average molecular weight is 418 g/mol. The molecule has 0 unspecified atom stereocenters. The van der Waals surface area contributed by atoms with Crippen LogP contribution in [0.2, 0.25) is 0 Å². The first kappa shape index (κ1) is 20.7. The van der Waals surface area contributed by atoms with Gasteiger partial charge in [-0.15, -0.1) is 0 Å². The maximum Gasteiger partial charge on any atom is 0.412 e. The van der Waals surface area contributed by atoms with Crippen molar-refractivity contribution < 1.29 is 14.3 Å². The number of carbonyl (C=O) groups is 1.